The van der Waals surface area contributed by atoms with Gasteiger partial charge in [0.2, 0.25) is 0 Å². The lowest BCUT2D eigenvalue weighted by Gasteiger charge is -2.33. The number of rotatable bonds is 2. The Labute approximate surface area is 123 Å². The molecule has 2 N–H and O–H groups in total. The van der Waals surface area contributed by atoms with Crippen LogP contribution in [0.25, 0.3) is 0 Å². The van der Waals surface area contributed by atoms with Crippen molar-refractivity contribution in [1.82, 2.24) is 5.43 Å². The molecule has 2 aliphatic rings. The summed E-state index contributed by atoms with van der Waals surface area (Å²) < 4.78 is -0.173. The van der Waals surface area contributed by atoms with Crippen molar-refractivity contribution in [2.75, 3.05) is 11.9 Å². The molecule has 3 rings (SSSR count). The Morgan fingerprint density at radius 1 is 1.45 bits per heavy atom. The summed E-state index contributed by atoms with van der Waals surface area (Å²) in [4.78, 5) is 10.9. The van der Waals surface area contributed by atoms with E-state index in [0.717, 1.165) is 30.5 Å². The van der Waals surface area contributed by atoms with E-state index in [2.05, 4.69) is 47.9 Å². The first kappa shape index (κ1) is 13.5. The van der Waals surface area contributed by atoms with Crippen LogP contribution < -0.4 is 10.7 Å². The highest BCUT2D eigenvalue weighted by Gasteiger charge is 2.34. The van der Waals surface area contributed by atoms with E-state index in [9.17, 15) is 4.79 Å². The topological polar surface area (TPSA) is 53.5 Å². The molecule has 5 heteroatoms. The number of hydrazone groups is 1. The predicted octanol–water partition coefficient (Wildman–Crippen LogP) is 2.39. The Balaban J connectivity index is 1.96. The van der Waals surface area contributed by atoms with Gasteiger partial charge in [0.1, 0.15) is 5.37 Å². The van der Waals surface area contributed by atoms with E-state index >= 15 is 0 Å². The molecule has 20 heavy (non-hydrogen) atoms. The molecule has 0 saturated carbocycles. The van der Waals surface area contributed by atoms with E-state index in [4.69, 9.17) is 0 Å². The lowest BCUT2D eigenvalue weighted by Crippen LogP contribution is -2.42. The number of hydrogen-bond acceptors (Lipinski definition) is 5. The van der Waals surface area contributed by atoms with Crippen molar-refractivity contribution < 1.29 is 4.79 Å². The fraction of sp³-hybridized carbons (Fsp3) is 0.467. The molecule has 0 amide bonds. The van der Waals surface area contributed by atoms with Gasteiger partial charge in [-0.25, -0.2) is 0 Å². The van der Waals surface area contributed by atoms with Crippen molar-refractivity contribution in [1.29, 1.82) is 0 Å². The van der Waals surface area contributed by atoms with Crippen LogP contribution in [0.15, 0.2) is 23.3 Å². The third-order valence-corrected chi connectivity index (χ3v) is 4.99. The van der Waals surface area contributed by atoms with Crippen LogP contribution in [0.2, 0.25) is 0 Å². The van der Waals surface area contributed by atoms with E-state index in [1.54, 1.807) is 11.8 Å². The summed E-state index contributed by atoms with van der Waals surface area (Å²) in [7, 11) is 0. The van der Waals surface area contributed by atoms with Crippen molar-refractivity contribution in [2.24, 2.45) is 5.10 Å². The molecule has 2 aliphatic heterocycles. The highest BCUT2D eigenvalue weighted by molar-refractivity contribution is 8.02. The normalized spacial score (nSPS) is 23.9. The number of aryl methyl sites for hydroxylation is 1. The number of anilines is 1. The summed E-state index contributed by atoms with van der Waals surface area (Å²) in [5.74, 6) is 0. The first-order valence-corrected chi connectivity index (χ1v) is 7.82. The number of thioether (sulfide) groups is 1. The summed E-state index contributed by atoms with van der Waals surface area (Å²) in [6, 6.07) is 6.48. The second-order valence-electron chi connectivity index (χ2n) is 5.68. The Morgan fingerprint density at radius 2 is 2.30 bits per heavy atom. The number of fused-ring (bicyclic) bond motifs is 1. The Kier molecular flexibility index (Phi) is 3.46. The molecular formula is C15H19N3OS. The lowest BCUT2D eigenvalue weighted by atomic mass is 9.94. The smallest absolute Gasteiger partial charge is 0.154 e. The van der Waals surface area contributed by atoms with Crippen molar-refractivity contribution in [3.05, 3.63) is 29.3 Å². The van der Waals surface area contributed by atoms with Crippen LogP contribution in [0.4, 0.5) is 5.69 Å². The average Bonchev–Trinajstić information content (AvgIpc) is 2.45. The van der Waals surface area contributed by atoms with Crippen molar-refractivity contribution >= 4 is 29.4 Å². The van der Waals surface area contributed by atoms with Crippen molar-refractivity contribution in [3.63, 3.8) is 0 Å². The number of carbonyl (C=O) groups is 1. The van der Waals surface area contributed by atoms with Gasteiger partial charge in [0.15, 0.2) is 6.29 Å². The number of carbonyl (C=O) groups excluding carboxylic acids is 1. The van der Waals surface area contributed by atoms with Gasteiger partial charge in [0.25, 0.3) is 0 Å². The highest BCUT2D eigenvalue weighted by Crippen LogP contribution is 2.35. The third kappa shape index (κ3) is 2.42. The van der Waals surface area contributed by atoms with Crippen molar-refractivity contribution in [2.45, 2.75) is 36.8 Å². The SMILES string of the molecule is CC1(C)SC(C=O)NN=C1c1ccc2c(c1)CCCN2. The van der Waals surface area contributed by atoms with Gasteiger partial charge in [0.05, 0.1) is 10.5 Å². The van der Waals surface area contributed by atoms with E-state index in [1.165, 1.54) is 17.7 Å². The number of nitrogens with one attached hydrogen (secondary N) is 2. The van der Waals surface area contributed by atoms with Crippen LogP contribution in [0.5, 0.6) is 0 Å². The monoisotopic (exact) mass is 289 g/mol. The molecule has 0 radical (unpaired) electrons. The Hall–Kier alpha value is -1.49. The lowest BCUT2D eigenvalue weighted by molar-refractivity contribution is -0.107. The molecule has 106 valence electrons. The Morgan fingerprint density at radius 3 is 3.05 bits per heavy atom. The highest BCUT2D eigenvalue weighted by atomic mass is 32.2. The fourth-order valence-electron chi connectivity index (χ4n) is 2.75. The van der Waals surface area contributed by atoms with Crippen LogP contribution >= 0.6 is 11.8 Å². The molecule has 2 heterocycles. The molecule has 1 atom stereocenters. The van der Waals surface area contributed by atoms with E-state index in [-0.39, 0.29) is 10.1 Å². The maximum absolute atomic E-state index is 10.9. The molecule has 0 fully saturated rings. The maximum Gasteiger partial charge on any atom is 0.154 e. The summed E-state index contributed by atoms with van der Waals surface area (Å²) in [5, 5.41) is 7.61. The zero-order chi connectivity index (χ0) is 14.2. The van der Waals surface area contributed by atoms with Gasteiger partial charge in [-0.2, -0.15) is 5.10 Å². The molecule has 4 nitrogen and oxygen atoms in total. The number of nitrogens with zero attached hydrogens (tertiary/aromatic N) is 1. The summed E-state index contributed by atoms with van der Waals surface area (Å²) in [6.07, 6.45) is 3.19. The van der Waals surface area contributed by atoms with Gasteiger partial charge in [-0.05, 0) is 49.9 Å². The van der Waals surface area contributed by atoms with E-state index in [0.29, 0.717) is 0 Å². The van der Waals surface area contributed by atoms with Crippen LogP contribution in [0.1, 0.15) is 31.4 Å². The molecule has 1 unspecified atom stereocenters. The third-order valence-electron chi connectivity index (χ3n) is 3.74. The number of aldehydes is 1. The largest absolute Gasteiger partial charge is 0.385 e. The molecule has 0 aromatic heterocycles. The summed E-state index contributed by atoms with van der Waals surface area (Å²) in [6.45, 7) is 5.29. The first-order valence-electron chi connectivity index (χ1n) is 6.94. The zero-order valence-corrected chi connectivity index (χ0v) is 12.6. The quantitative estimate of drug-likeness (QED) is 0.821. The summed E-state index contributed by atoms with van der Waals surface area (Å²) in [5.41, 5.74) is 7.66. The van der Waals surface area contributed by atoms with Gasteiger partial charge >= 0.3 is 0 Å². The zero-order valence-electron chi connectivity index (χ0n) is 11.8. The van der Waals surface area contributed by atoms with Gasteiger partial charge in [-0.1, -0.05) is 6.07 Å². The minimum absolute atomic E-state index is 0.173. The first-order chi connectivity index (χ1) is 9.60. The van der Waals surface area contributed by atoms with Gasteiger partial charge in [0, 0.05) is 12.2 Å². The average molecular weight is 289 g/mol. The van der Waals surface area contributed by atoms with Gasteiger partial charge in [-0.3, -0.25) is 5.43 Å². The maximum atomic E-state index is 10.9. The van der Waals surface area contributed by atoms with Gasteiger partial charge in [-0.15, -0.1) is 11.8 Å². The fourth-order valence-corrected chi connectivity index (χ4v) is 3.83. The van der Waals surface area contributed by atoms with Crippen molar-refractivity contribution in [3.8, 4) is 0 Å². The van der Waals surface area contributed by atoms with Crippen LogP contribution in [-0.2, 0) is 11.2 Å². The second-order valence-corrected chi connectivity index (χ2v) is 7.44. The second kappa shape index (κ2) is 5.13. The van der Waals surface area contributed by atoms with Crippen LogP contribution in [0.3, 0.4) is 0 Å². The van der Waals surface area contributed by atoms with Crippen LogP contribution in [0, 0.1) is 0 Å². The summed E-state index contributed by atoms with van der Waals surface area (Å²) >= 11 is 1.60. The minimum atomic E-state index is -0.256. The molecule has 0 spiro atoms. The van der Waals surface area contributed by atoms with Crippen LogP contribution in [-0.4, -0.2) is 28.7 Å². The Bertz CT molecular complexity index is 568. The predicted molar refractivity (Wildman–Crippen MR) is 84.4 cm³/mol. The molecule has 0 bridgehead atoms. The number of benzene rings is 1. The standard InChI is InChI=1S/C15H19N3OS/c1-15(2)14(18-17-13(9-19)20-15)11-5-6-12-10(8-11)4-3-7-16-12/h5-6,8-9,13,16-17H,3-4,7H2,1-2H3. The number of hydrogen-bond donors (Lipinski definition) is 2. The molecule has 1 aromatic rings. The molecule has 1 aromatic carbocycles. The molecule has 0 aliphatic carbocycles. The van der Waals surface area contributed by atoms with E-state index < -0.39 is 0 Å². The minimum Gasteiger partial charge on any atom is -0.385 e. The molecule has 0 saturated heterocycles. The van der Waals surface area contributed by atoms with Gasteiger partial charge < -0.3 is 10.1 Å². The molecular weight excluding hydrogens is 270 g/mol. The van der Waals surface area contributed by atoms with E-state index in [1.807, 2.05) is 0 Å².